The molecule has 2 aromatic rings. The molecule has 0 saturated heterocycles. The van der Waals surface area contributed by atoms with Crippen molar-refractivity contribution in [3.8, 4) is 11.8 Å². The summed E-state index contributed by atoms with van der Waals surface area (Å²) in [7, 11) is 1.40. The standard InChI is InChI=1S/C26H28N2O4/c1-3-23(30)25(24(31)17-29)28(2)26(32)21-11-9-18(10-12-21)7-8-19-5-4-6-20(15-19)16-27-22-13-14-22/h4-6,9-12,15,22,25,27,29H,3,13-14,16-17H2,1-2H3. The summed E-state index contributed by atoms with van der Waals surface area (Å²) < 4.78 is 0. The van der Waals surface area contributed by atoms with E-state index in [9.17, 15) is 14.4 Å². The Hall–Kier alpha value is -3.27. The fraction of sp³-hybridized carbons (Fsp3) is 0.346. The zero-order valence-corrected chi connectivity index (χ0v) is 18.4. The predicted octanol–water partition coefficient (Wildman–Crippen LogP) is 2.32. The van der Waals surface area contributed by atoms with E-state index in [1.54, 1.807) is 31.2 Å². The smallest absolute Gasteiger partial charge is 0.254 e. The zero-order valence-electron chi connectivity index (χ0n) is 18.4. The highest BCUT2D eigenvalue weighted by atomic mass is 16.3. The number of benzene rings is 2. The van der Waals surface area contributed by atoms with Crippen molar-refractivity contribution in [2.45, 2.75) is 44.8 Å². The second-order valence-corrected chi connectivity index (χ2v) is 7.95. The van der Waals surface area contributed by atoms with Crippen LogP contribution >= 0.6 is 0 Å². The lowest BCUT2D eigenvalue weighted by molar-refractivity contribution is -0.134. The van der Waals surface area contributed by atoms with E-state index in [0.29, 0.717) is 11.6 Å². The monoisotopic (exact) mass is 432 g/mol. The highest BCUT2D eigenvalue weighted by Gasteiger charge is 2.32. The molecule has 1 saturated carbocycles. The van der Waals surface area contributed by atoms with Crippen LogP contribution in [-0.4, -0.2) is 53.2 Å². The molecule has 1 atom stereocenters. The van der Waals surface area contributed by atoms with E-state index in [0.717, 1.165) is 22.6 Å². The minimum absolute atomic E-state index is 0.0976. The molecule has 2 aromatic carbocycles. The van der Waals surface area contributed by atoms with Crippen LogP contribution in [0.3, 0.4) is 0 Å². The van der Waals surface area contributed by atoms with Gasteiger partial charge in [0.15, 0.2) is 17.6 Å². The van der Waals surface area contributed by atoms with Gasteiger partial charge < -0.3 is 15.3 Å². The Morgan fingerprint density at radius 1 is 1.06 bits per heavy atom. The molecule has 0 bridgehead atoms. The van der Waals surface area contributed by atoms with Gasteiger partial charge in [0.1, 0.15) is 6.61 Å². The first kappa shape index (κ1) is 23.4. The van der Waals surface area contributed by atoms with E-state index >= 15 is 0 Å². The van der Waals surface area contributed by atoms with Crippen LogP contribution in [-0.2, 0) is 16.1 Å². The third-order valence-corrected chi connectivity index (χ3v) is 5.40. The van der Waals surface area contributed by atoms with E-state index < -0.39 is 30.1 Å². The molecule has 1 aliphatic rings. The molecule has 3 rings (SSSR count). The molecule has 1 fully saturated rings. The van der Waals surface area contributed by atoms with Crippen molar-refractivity contribution >= 4 is 17.5 Å². The summed E-state index contributed by atoms with van der Waals surface area (Å²) in [6, 6.07) is 14.2. The molecule has 1 aliphatic carbocycles. The number of carbonyl (C=O) groups excluding carboxylic acids is 3. The maximum atomic E-state index is 12.8. The summed E-state index contributed by atoms with van der Waals surface area (Å²) in [5.74, 6) is 4.69. The molecule has 166 valence electrons. The quantitative estimate of drug-likeness (QED) is 0.469. The highest BCUT2D eigenvalue weighted by Crippen LogP contribution is 2.19. The summed E-state index contributed by atoms with van der Waals surface area (Å²) >= 11 is 0. The molecular formula is C26H28N2O4. The Balaban J connectivity index is 1.68. The van der Waals surface area contributed by atoms with Crippen molar-refractivity contribution in [3.05, 3.63) is 70.8 Å². The number of carbonyl (C=O) groups is 3. The normalized spacial score (nSPS) is 13.6. The first-order valence-electron chi connectivity index (χ1n) is 10.8. The van der Waals surface area contributed by atoms with Crippen LogP contribution in [0.25, 0.3) is 0 Å². The number of Topliss-reactive ketones (excluding diaryl/α,β-unsaturated/α-hetero) is 2. The predicted molar refractivity (Wildman–Crippen MR) is 122 cm³/mol. The van der Waals surface area contributed by atoms with Gasteiger partial charge in [-0.05, 0) is 54.8 Å². The molecule has 0 heterocycles. The molecule has 6 heteroatoms. The molecule has 2 N–H and O–H groups in total. The van der Waals surface area contributed by atoms with Gasteiger partial charge in [-0.25, -0.2) is 0 Å². The van der Waals surface area contributed by atoms with E-state index in [1.165, 1.54) is 25.5 Å². The van der Waals surface area contributed by atoms with Gasteiger partial charge in [0.2, 0.25) is 0 Å². The molecular weight excluding hydrogens is 404 g/mol. The van der Waals surface area contributed by atoms with Gasteiger partial charge in [-0.1, -0.05) is 30.9 Å². The molecule has 0 spiro atoms. The molecule has 0 aliphatic heterocycles. The summed E-state index contributed by atoms with van der Waals surface area (Å²) in [5.41, 5.74) is 3.20. The first-order chi connectivity index (χ1) is 15.4. The lowest BCUT2D eigenvalue weighted by Crippen LogP contribution is -2.48. The third-order valence-electron chi connectivity index (χ3n) is 5.40. The lowest BCUT2D eigenvalue weighted by Gasteiger charge is -2.25. The Kier molecular flexibility index (Phi) is 7.93. The van der Waals surface area contributed by atoms with Crippen molar-refractivity contribution in [3.63, 3.8) is 0 Å². The molecule has 1 unspecified atom stereocenters. The van der Waals surface area contributed by atoms with E-state index in [-0.39, 0.29) is 6.42 Å². The maximum absolute atomic E-state index is 12.8. The molecule has 32 heavy (non-hydrogen) atoms. The molecule has 0 aromatic heterocycles. The SMILES string of the molecule is CCC(=O)C(C(=O)CO)N(C)C(=O)c1ccc(C#Cc2cccc(CNC3CC3)c2)cc1. The molecule has 0 radical (unpaired) electrons. The second kappa shape index (κ2) is 10.9. The van der Waals surface area contributed by atoms with Crippen molar-refractivity contribution in [1.29, 1.82) is 0 Å². The lowest BCUT2D eigenvalue weighted by atomic mass is 10.0. The van der Waals surface area contributed by atoms with Gasteiger partial charge in [0, 0.05) is 42.7 Å². The molecule has 1 amide bonds. The number of hydrogen-bond acceptors (Lipinski definition) is 5. The van der Waals surface area contributed by atoms with Crippen LogP contribution in [0.4, 0.5) is 0 Å². The fourth-order valence-electron chi connectivity index (χ4n) is 3.36. The first-order valence-corrected chi connectivity index (χ1v) is 10.8. The van der Waals surface area contributed by atoms with Crippen LogP contribution in [0.1, 0.15) is 53.2 Å². The van der Waals surface area contributed by atoms with Crippen molar-refractivity contribution in [1.82, 2.24) is 10.2 Å². The summed E-state index contributed by atoms with van der Waals surface area (Å²) in [4.78, 5) is 38.0. The highest BCUT2D eigenvalue weighted by molar-refractivity contribution is 6.10. The number of aliphatic hydroxyl groups excluding tert-OH is 1. The topological polar surface area (TPSA) is 86.7 Å². The van der Waals surface area contributed by atoms with E-state index in [2.05, 4.69) is 29.3 Å². The van der Waals surface area contributed by atoms with Crippen molar-refractivity contribution in [2.75, 3.05) is 13.7 Å². The number of aliphatic hydroxyl groups is 1. The molecule has 6 nitrogen and oxygen atoms in total. The average molecular weight is 433 g/mol. The number of nitrogens with zero attached hydrogens (tertiary/aromatic N) is 1. The maximum Gasteiger partial charge on any atom is 0.254 e. The fourth-order valence-corrected chi connectivity index (χ4v) is 3.36. The number of ketones is 2. The van der Waals surface area contributed by atoms with Crippen LogP contribution < -0.4 is 5.32 Å². The minimum Gasteiger partial charge on any atom is -0.388 e. The van der Waals surface area contributed by atoms with Crippen LogP contribution in [0.5, 0.6) is 0 Å². The Labute approximate surface area is 188 Å². The van der Waals surface area contributed by atoms with Crippen molar-refractivity contribution in [2.24, 2.45) is 0 Å². The summed E-state index contributed by atoms with van der Waals surface area (Å²) in [6.07, 6.45) is 2.60. The van der Waals surface area contributed by atoms with E-state index in [1.807, 2.05) is 12.1 Å². The zero-order chi connectivity index (χ0) is 23.1. The van der Waals surface area contributed by atoms with Gasteiger partial charge in [-0.15, -0.1) is 0 Å². The average Bonchev–Trinajstić information content (AvgIpc) is 3.66. The number of hydrogen-bond donors (Lipinski definition) is 2. The Bertz CT molecular complexity index is 1030. The number of nitrogens with one attached hydrogen (secondary N) is 1. The summed E-state index contributed by atoms with van der Waals surface area (Å²) in [5, 5.41) is 12.6. The second-order valence-electron chi connectivity index (χ2n) is 7.95. The van der Waals surface area contributed by atoms with Gasteiger partial charge in [-0.3, -0.25) is 14.4 Å². The number of rotatable bonds is 9. The van der Waals surface area contributed by atoms with Gasteiger partial charge in [0.25, 0.3) is 5.91 Å². The largest absolute Gasteiger partial charge is 0.388 e. The van der Waals surface area contributed by atoms with Gasteiger partial charge in [0.05, 0.1) is 0 Å². The van der Waals surface area contributed by atoms with Crippen molar-refractivity contribution < 1.29 is 19.5 Å². The third kappa shape index (κ3) is 6.13. The Morgan fingerprint density at radius 3 is 2.38 bits per heavy atom. The van der Waals surface area contributed by atoms with Crippen LogP contribution in [0, 0.1) is 11.8 Å². The van der Waals surface area contributed by atoms with Crippen LogP contribution in [0.15, 0.2) is 48.5 Å². The van der Waals surface area contributed by atoms with Gasteiger partial charge in [-0.2, -0.15) is 0 Å². The van der Waals surface area contributed by atoms with Crippen LogP contribution in [0.2, 0.25) is 0 Å². The summed E-state index contributed by atoms with van der Waals surface area (Å²) in [6.45, 7) is 1.66. The number of likely N-dealkylation sites (N-methyl/N-ethyl adjacent to an activating group) is 1. The Morgan fingerprint density at radius 2 is 1.75 bits per heavy atom. The van der Waals surface area contributed by atoms with E-state index in [4.69, 9.17) is 5.11 Å². The van der Waals surface area contributed by atoms with Gasteiger partial charge >= 0.3 is 0 Å². The minimum atomic E-state index is -1.28. The number of amides is 1.